The van der Waals surface area contributed by atoms with E-state index in [4.69, 9.17) is 0 Å². The van der Waals surface area contributed by atoms with Crippen LogP contribution in [0.25, 0.3) is 0 Å². The Balaban J connectivity index is 1.84. The minimum atomic E-state index is -3.19. The molecule has 1 saturated carbocycles. The van der Waals surface area contributed by atoms with Crippen LogP contribution in [0.15, 0.2) is 29.2 Å². The molecule has 1 aliphatic rings. The summed E-state index contributed by atoms with van der Waals surface area (Å²) >= 11 is 0. The minimum absolute atomic E-state index is 0.0732. The molecule has 1 aliphatic carbocycles. The molecular formula is C14H20N2O3S. The molecule has 20 heavy (non-hydrogen) atoms. The van der Waals surface area contributed by atoms with Gasteiger partial charge < -0.3 is 10.6 Å². The maximum atomic E-state index is 11.7. The quantitative estimate of drug-likeness (QED) is 0.798. The van der Waals surface area contributed by atoms with Crippen molar-refractivity contribution in [1.29, 1.82) is 0 Å². The van der Waals surface area contributed by atoms with Gasteiger partial charge in [0.2, 0.25) is 5.91 Å². The fourth-order valence-electron chi connectivity index (χ4n) is 1.83. The minimum Gasteiger partial charge on any atom is -0.325 e. The highest BCUT2D eigenvalue weighted by molar-refractivity contribution is 7.91. The maximum absolute atomic E-state index is 11.7. The van der Waals surface area contributed by atoms with Gasteiger partial charge in [-0.1, -0.05) is 6.92 Å². The molecular weight excluding hydrogens is 276 g/mol. The molecule has 1 aromatic carbocycles. The van der Waals surface area contributed by atoms with E-state index in [0.29, 0.717) is 5.69 Å². The highest BCUT2D eigenvalue weighted by Crippen LogP contribution is 2.27. The molecule has 0 bridgehead atoms. The first kappa shape index (κ1) is 15.0. The molecule has 1 amide bonds. The highest BCUT2D eigenvalue weighted by Gasteiger charge is 2.20. The predicted octanol–water partition coefficient (Wildman–Crippen LogP) is 1.42. The van der Waals surface area contributed by atoms with Crippen LogP contribution in [0.5, 0.6) is 0 Å². The number of hydrogen-bond acceptors (Lipinski definition) is 4. The summed E-state index contributed by atoms with van der Waals surface area (Å²) in [7, 11) is -3.19. The lowest BCUT2D eigenvalue weighted by Gasteiger charge is -2.07. The number of carbonyl (C=O) groups is 1. The smallest absolute Gasteiger partial charge is 0.238 e. The number of anilines is 1. The van der Waals surface area contributed by atoms with Crippen molar-refractivity contribution in [2.75, 3.05) is 24.2 Å². The molecule has 0 unspecified atom stereocenters. The van der Waals surface area contributed by atoms with Crippen LogP contribution < -0.4 is 10.6 Å². The van der Waals surface area contributed by atoms with Gasteiger partial charge in [-0.05, 0) is 49.6 Å². The first-order valence-electron chi connectivity index (χ1n) is 6.84. The fraction of sp³-hybridized carbons (Fsp3) is 0.500. The Labute approximate surface area is 119 Å². The second-order valence-corrected chi connectivity index (χ2v) is 7.33. The lowest BCUT2D eigenvalue weighted by atomic mass is 10.3. The van der Waals surface area contributed by atoms with Crippen LogP contribution >= 0.6 is 0 Å². The summed E-state index contributed by atoms with van der Waals surface area (Å²) < 4.78 is 23.3. The monoisotopic (exact) mass is 296 g/mol. The van der Waals surface area contributed by atoms with Crippen LogP contribution in [0.3, 0.4) is 0 Å². The summed E-state index contributed by atoms with van der Waals surface area (Å²) in [5, 5.41) is 5.84. The number of sulfone groups is 1. The third-order valence-corrected chi connectivity index (χ3v) is 5.04. The van der Waals surface area contributed by atoms with Gasteiger partial charge in [0.1, 0.15) is 0 Å². The number of carbonyl (C=O) groups excluding carboxylic acids is 1. The van der Waals surface area contributed by atoms with Crippen molar-refractivity contribution in [3.63, 3.8) is 0 Å². The zero-order valence-corrected chi connectivity index (χ0v) is 12.4. The number of benzene rings is 1. The Bertz CT molecular complexity index is 563. The molecule has 6 heteroatoms. The SMILES string of the molecule is CCS(=O)(=O)c1ccc(NC(=O)CNCC2CC2)cc1. The summed E-state index contributed by atoms with van der Waals surface area (Å²) in [6, 6.07) is 6.26. The third-order valence-electron chi connectivity index (χ3n) is 3.29. The molecule has 2 rings (SSSR count). The highest BCUT2D eigenvalue weighted by atomic mass is 32.2. The van der Waals surface area contributed by atoms with Crippen molar-refractivity contribution in [2.24, 2.45) is 5.92 Å². The van der Waals surface area contributed by atoms with Gasteiger partial charge in [-0.3, -0.25) is 4.79 Å². The lowest BCUT2D eigenvalue weighted by molar-refractivity contribution is -0.115. The Kier molecular flexibility index (Phi) is 4.77. The molecule has 1 fully saturated rings. The fourth-order valence-corrected chi connectivity index (χ4v) is 2.71. The predicted molar refractivity (Wildman–Crippen MR) is 78.4 cm³/mol. The lowest BCUT2D eigenvalue weighted by Crippen LogP contribution is -2.29. The first-order valence-corrected chi connectivity index (χ1v) is 8.50. The standard InChI is InChI=1S/C14H20N2O3S/c1-2-20(18,19)13-7-5-12(6-8-13)16-14(17)10-15-9-11-3-4-11/h5-8,11,15H,2-4,9-10H2,1H3,(H,16,17). The van der Waals surface area contributed by atoms with E-state index in [-0.39, 0.29) is 23.1 Å². The van der Waals surface area contributed by atoms with E-state index in [2.05, 4.69) is 10.6 Å². The van der Waals surface area contributed by atoms with Crippen molar-refractivity contribution >= 4 is 21.4 Å². The molecule has 0 saturated heterocycles. The van der Waals surface area contributed by atoms with Crippen molar-refractivity contribution in [3.05, 3.63) is 24.3 Å². The number of rotatable bonds is 7. The Morgan fingerprint density at radius 3 is 2.45 bits per heavy atom. The summed E-state index contributed by atoms with van der Waals surface area (Å²) in [5.74, 6) is 0.696. The Hall–Kier alpha value is -1.40. The van der Waals surface area contributed by atoms with Crippen molar-refractivity contribution < 1.29 is 13.2 Å². The van der Waals surface area contributed by atoms with E-state index in [9.17, 15) is 13.2 Å². The second kappa shape index (κ2) is 6.37. The molecule has 2 N–H and O–H groups in total. The van der Waals surface area contributed by atoms with Crippen LogP contribution in [0.2, 0.25) is 0 Å². The van der Waals surface area contributed by atoms with Gasteiger partial charge in [-0.2, -0.15) is 0 Å². The van der Waals surface area contributed by atoms with Gasteiger partial charge in [0.05, 0.1) is 17.2 Å². The van der Waals surface area contributed by atoms with Gasteiger partial charge in [0.15, 0.2) is 9.84 Å². The Morgan fingerprint density at radius 1 is 1.25 bits per heavy atom. The normalized spacial score (nSPS) is 15.1. The zero-order chi connectivity index (χ0) is 14.6. The molecule has 0 aliphatic heterocycles. The molecule has 1 aromatic rings. The average Bonchev–Trinajstić information content (AvgIpc) is 3.23. The van der Waals surface area contributed by atoms with Gasteiger partial charge >= 0.3 is 0 Å². The molecule has 0 spiro atoms. The van der Waals surface area contributed by atoms with Gasteiger partial charge in [-0.15, -0.1) is 0 Å². The molecule has 110 valence electrons. The first-order chi connectivity index (χ1) is 9.51. The van der Waals surface area contributed by atoms with E-state index >= 15 is 0 Å². The van der Waals surface area contributed by atoms with Crippen LogP contribution in [0.1, 0.15) is 19.8 Å². The molecule has 5 nitrogen and oxygen atoms in total. The molecule has 0 heterocycles. The summed E-state index contributed by atoms with van der Waals surface area (Å²) in [4.78, 5) is 11.9. The Morgan fingerprint density at radius 2 is 1.90 bits per heavy atom. The molecule has 0 aromatic heterocycles. The van der Waals surface area contributed by atoms with Crippen LogP contribution in [-0.4, -0.2) is 33.2 Å². The maximum Gasteiger partial charge on any atom is 0.238 e. The van der Waals surface area contributed by atoms with Crippen LogP contribution in [-0.2, 0) is 14.6 Å². The van der Waals surface area contributed by atoms with E-state index < -0.39 is 9.84 Å². The summed E-state index contributed by atoms with van der Waals surface area (Å²) in [6.45, 7) is 2.78. The largest absolute Gasteiger partial charge is 0.325 e. The second-order valence-electron chi connectivity index (χ2n) is 5.05. The van der Waals surface area contributed by atoms with E-state index in [1.807, 2.05) is 0 Å². The molecule has 0 atom stereocenters. The number of amides is 1. The van der Waals surface area contributed by atoms with E-state index in [1.54, 1.807) is 19.1 Å². The van der Waals surface area contributed by atoms with Crippen molar-refractivity contribution in [3.8, 4) is 0 Å². The van der Waals surface area contributed by atoms with Crippen LogP contribution in [0, 0.1) is 5.92 Å². The number of nitrogens with one attached hydrogen (secondary N) is 2. The van der Waals surface area contributed by atoms with Crippen LogP contribution in [0.4, 0.5) is 5.69 Å². The van der Waals surface area contributed by atoms with Gasteiger partial charge in [-0.25, -0.2) is 8.42 Å². The van der Waals surface area contributed by atoms with Crippen molar-refractivity contribution in [1.82, 2.24) is 5.32 Å². The summed E-state index contributed by atoms with van der Waals surface area (Å²) in [5.41, 5.74) is 0.610. The van der Waals surface area contributed by atoms with Crippen molar-refractivity contribution in [2.45, 2.75) is 24.7 Å². The zero-order valence-electron chi connectivity index (χ0n) is 11.6. The van der Waals surface area contributed by atoms with Gasteiger partial charge in [0, 0.05) is 5.69 Å². The molecule has 0 radical (unpaired) electrons. The topological polar surface area (TPSA) is 75.3 Å². The summed E-state index contributed by atoms with van der Waals surface area (Å²) in [6.07, 6.45) is 2.50. The third kappa shape index (κ3) is 4.31. The number of hydrogen-bond donors (Lipinski definition) is 2. The average molecular weight is 296 g/mol. The van der Waals surface area contributed by atoms with Gasteiger partial charge in [0.25, 0.3) is 0 Å². The van der Waals surface area contributed by atoms with E-state index in [1.165, 1.54) is 25.0 Å². The van der Waals surface area contributed by atoms with E-state index in [0.717, 1.165) is 12.5 Å².